The first-order valence-electron chi connectivity index (χ1n) is 9.95. The van der Waals surface area contributed by atoms with Gasteiger partial charge in [-0.15, -0.1) is 0 Å². The van der Waals surface area contributed by atoms with Gasteiger partial charge in [0.1, 0.15) is 0 Å². The number of carbonyl (C=O) groups is 2. The van der Waals surface area contributed by atoms with Crippen molar-refractivity contribution in [2.45, 2.75) is 38.0 Å². The largest absolute Gasteiger partial charge is 0.478 e. The summed E-state index contributed by atoms with van der Waals surface area (Å²) < 4.78 is 0. The topological polar surface area (TPSA) is 127 Å². The molecule has 1 heterocycles. The van der Waals surface area contributed by atoms with Crippen molar-refractivity contribution in [2.75, 3.05) is 18.0 Å². The summed E-state index contributed by atoms with van der Waals surface area (Å²) in [5.41, 5.74) is 7.95. The van der Waals surface area contributed by atoms with Crippen molar-refractivity contribution in [1.29, 1.82) is 0 Å². The summed E-state index contributed by atoms with van der Waals surface area (Å²) in [7, 11) is 0. The number of carboxylic acid groups (broad SMARTS) is 1. The molecule has 2 unspecified atom stereocenters. The van der Waals surface area contributed by atoms with Crippen molar-refractivity contribution in [2.24, 2.45) is 5.73 Å². The Labute approximate surface area is 174 Å². The van der Waals surface area contributed by atoms with Crippen LogP contribution in [-0.2, 0) is 4.79 Å². The molecule has 0 radical (unpaired) electrons. The van der Waals surface area contributed by atoms with Crippen molar-refractivity contribution in [1.82, 2.24) is 0 Å². The van der Waals surface area contributed by atoms with Crippen molar-refractivity contribution in [3.8, 4) is 0 Å². The van der Waals surface area contributed by atoms with Crippen molar-refractivity contribution >= 4 is 23.3 Å². The lowest BCUT2D eigenvalue weighted by molar-refractivity contribution is -0.384. The predicted octanol–water partition coefficient (Wildman–Crippen LogP) is 3.66. The number of rotatable bonds is 7. The highest BCUT2D eigenvalue weighted by atomic mass is 16.6. The number of nitro benzene ring substituents is 1. The van der Waals surface area contributed by atoms with Gasteiger partial charge in [-0.1, -0.05) is 19.1 Å². The summed E-state index contributed by atoms with van der Waals surface area (Å²) in [6, 6.07) is 10.8. The van der Waals surface area contributed by atoms with E-state index in [9.17, 15) is 19.7 Å². The molecule has 2 atom stereocenters. The Kier molecular flexibility index (Phi) is 6.34. The molecule has 2 aromatic rings. The van der Waals surface area contributed by atoms with E-state index in [0.717, 1.165) is 38.0 Å². The number of primary amides is 1. The lowest BCUT2D eigenvalue weighted by Gasteiger charge is -2.33. The van der Waals surface area contributed by atoms with E-state index < -0.39 is 28.6 Å². The van der Waals surface area contributed by atoms with Crippen LogP contribution in [0, 0.1) is 10.1 Å². The third-order valence-corrected chi connectivity index (χ3v) is 5.73. The molecule has 0 aliphatic carbocycles. The van der Waals surface area contributed by atoms with E-state index >= 15 is 0 Å². The van der Waals surface area contributed by atoms with Crippen LogP contribution in [0.5, 0.6) is 0 Å². The highest BCUT2D eigenvalue weighted by molar-refractivity contribution is 5.88. The van der Waals surface area contributed by atoms with Gasteiger partial charge in [0, 0.05) is 30.9 Å². The van der Waals surface area contributed by atoms with Crippen LogP contribution < -0.4 is 10.6 Å². The fraction of sp³-hybridized carbons (Fsp3) is 0.364. The summed E-state index contributed by atoms with van der Waals surface area (Å²) >= 11 is 0. The Balaban J connectivity index is 2.05. The normalized spacial score (nSPS) is 16.0. The van der Waals surface area contributed by atoms with Crippen LogP contribution >= 0.6 is 0 Å². The fourth-order valence-corrected chi connectivity index (χ4v) is 4.15. The standard InChI is InChI=1S/C22H25N3O5/c1-14(20(21(23)26)15-5-7-16(8-6-15)22(27)28)18-13-17(25(29)30)9-10-19(18)24-11-3-2-4-12-24/h5-10,13-14,20H,2-4,11-12H2,1H3,(H2,23,26)(H,27,28). The van der Waals surface area contributed by atoms with E-state index in [1.165, 1.54) is 24.3 Å². The maximum absolute atomic E-state index is 12.4. The Bertz CT molecular complexity index is 952. The van der Waals surface area contributed by atoms with Crippen molar-refractivity contribution in [3.63, 3.8) is 0 Å². The quantitative estimate of drug-likeness (QED) is 0.529. The number of nitrogens with two attached hydrogens (primary N) is 1. The first-order valence-corrected chi connectivity index (χ1v) is 9.95. The van der Waals surface area contributed by atoms with E-state index in [0.29, 0.717) is 11.1 Å². The van der Waals surface area contributed by atoms with Crippen molar-refractivity contribution < 1.29 is 19.6 Å². The molecule has 8 nitrogen and oxygen atoms in total. The number of nitro groups is 1. The number of piperidine rings is 1. The first kappa shape index (κ1) is 21.3. The number of amides is 1. The minimum atomic E-state index is -1.06. The van der Waals surface area contributed by atoms with Crippen LogP contribution in [-0.4, -0.2) is 35.0 Å². The van der Waals surface area contributed by atoms with Gasteiger partial charge in [0.2, 0.25) is 5.91 Å². The van der Waals surface area contributed by atoms with Gasteiger partial charge in [-0.2, -0.15) is 0 Å². The number of non-ortho nitro benzene ring substituents is 1. The Hall–Kier alpha value is -3.42. The molecule has 30 heavy (non-hydrogen) atoms. The number of carbonyl (C=O) groups excluding carboxylic acids is 1. The second kappa shape index (κ2) is 8.94. The van der Waals surface area contributed by atoms with Gasteiger partial charge in [0.15, 0.2) is 0 Å². The highest BCUT2D eigenvalue weighted by Crippen LogP contribution is 2.40. The molecule has 2 aromatic carbocycles. The number of benzene rings is 2. The fourth-order valence-electron chi connectivity index (χ4n) is 4.15. The number of anilines is 1. The molecule has 0 aromatic heterocycles. The van der Waals surface area contributed by atoms with Crippen LogP contribution in [0.2, 0.25) is 0 Å². The molecule has 1 fully saturated rings. The van der Waals surface area contributed by atoms with E-state index in [4.69, 9.17) is 10.8 Å². The van der Waals surface area contributed by atoms with Gasteiger partial charge in [-0.05, 0) is 54.5 Å². The molecular formula is C22H25N3O5. The average Bonchev–Trinajstić information content (AvgIpc) is 2.74. The zero-order valence-electron chi connectivity index (χ0n) is 16.8. The minimum absolute atomic E-state index is 0.0398. The zero-order valence-corrected chi connectivity index (χ0v) is 16.8. The number of carboxylic acids is 1. The molecule has 8 heteroatoms. The molecule has 0 saturated carbocycles. The molecule has 1 aliphatic rings. The molecule has 3 N–H and O–H groups in total. The number of aromatic carboxylic acids is 1. The summed E-state index contributed by atoms with van der Waals surface area (Å²) in [4.78, 5) is 36.7. The smallest absolute Gasteiger partial charge is 0.335 e. The summed E-state index contributed by atoms with van der Waals surface area (Å²) in [6.07, 6.45) is 3.23. The second-order valence-electron chi connectivity index (χ2n) is 7.64. The van der Waals surface area contributed by atoms with E-state index in [-0.39, 0.29) is 11.3 Å². The van der Waals surface area contributed by atoms with Crippen LogP contribution in [0.3, 0.4) is 0 Å². The molecule has 3 rings (SSSR count). The summed E-state index contributed by atoms with van der Waals surface area (Å²) in [6.45, 7) is 3.53. The first-order chi connectivity index (χ1) is 14.3. The third kappa shape index (κ3) is 4.42. The Morgan fingerprint density at radius 2 is 1.73 bits per heavy atom. The predicted molar refractivity (Wildman–Crippen MR) is 113 cm³/mol. The molecule has 158 valence electrons. The number of hydrogen-bond donors (Lipinski definition) is 2. The number of hydrogen-bond acceptors (Lipinski definition) is 5. The third-order valence-electron chi connectivity index (χ3n) is 5.73. The number of nitrogens with zero attached hydrogens (tertiary/aromatic N) is 2. The van der Waals surface area contributed by atoms with Gasteiger partial charge < -0.3 is 15.7 Å². The minimum Gasteiger partial charge on any atom is -0.478 e. The highest BCUT2D eigenvalue weighted by Gasteiger charge is 2.30. The molecular weight excluding hydrogens is 386 g/mol. The molecule has 1 saturated heterocycles. The second-order valence-corrected chi connectivity index (χ2v) is 7.64. The van der Waals surface area contributed by atoms with E-state index in [1.54, 1.807) is 18.2 Å². The average molecular weight is 411 g/mol. The molecule has 1 amide bonds. The SMILES string of the molecule is CC(c1cc([N+](=O)[O-])ccc1N1CCCCC1)C(C(N)=O)c1ccc(C(=O)O)cc1. The molecule has 0 bridgehead atoms. The van der Waals surface area contributed by atoms with Crippen molar-refractivity contribution in [3.05, 3.63) is 69.3 Å². The van der Waals surface area contributed by atoms with Gasteiger partial charge in [-0.25, -0.2) is 4.79 Å². The zero-order chi connectivity index (χ0) is 21.8. The van der Waals surface area contributed by atoms with Gasteiger partial charge in [0.25, 0.3) is 5.69 Å². The van der Waals surface area contributed by atoms with Crippen LogP contribution in [0.15, 0.2) is 42.5 Å². The monoisotopic (exact) mass is 411 g/mol. The Morgan fingerprint density at radius 3 is 2.27 bits per heavy atom. The maximum atomic E-state index is 12.4. The van der Waals surface area contributed by atoms with Gasteiger partial charge in [0.05, 0.1) is 16.4 Å². The van der Waals surface area contributed by atoms with Crippen LogP contribution in [0.1, 0.15) is 59.5 Å². The van der Waals surface area contributed by atoms with Gasteiger partial charge in [-0.3, -0.25) is 14.9 Å². The Morgan fingerprint density at radius 1 is 1.10 bits per heavy atom. The molecule has 1 aliphatic heterocycles. The lowest BCUT2D eigenvalue weighted by atomic mass is 9.80. The maximum Gasteiger partial charge on any atom is 0.335 e. The molecule has 0 spiro atoms. The van der Waals surface area contributed by atoms with Gasteiger partial charge >= 0.3 is 5.97 Å². The van der Waals surface area contributed by atoms with Crippen LogP contribution in [0.25, 0.3) is 0 Å². The summed E-state index contributed by atoms with van der Waals surface area (Å²) in [5, 5.41) is 20.5. The van der Waals surface area contributed by atoms with E-state index in [1.807, 2.05) is 6.92 Å². The van der Waals surface area contributed by atoms with E-state index in [2.05, 4.69) is 4.90 Å². The summed E-state index contributed by atoms with van der Waals surface area (Å²) in [5.74, 6) is -2.81. The van der Waals surface area contributed by atoms with Crippen LogP contribution in [0.4, 0.5) is 11.4 Å². The lowest BCUT2D eigenvalue weighted by Crippen LogP contribution is -2.32.